The summed E-state index contributed by atoms with van der Waals surface area (Å²) in [5.74, 6) is 0. The summed E-state index contributed by atoms with van der Waals surface area (Å²) in [7, 11) is 3.29. The molecular weight excluding hydrogens is 624 g/mol. The van der Waals surface area contributed by atoms with E-state index in [-0.39, 0.29) is 25.9 Å². The van der Waals surface area contributed by atoms with E-state index in [1.54, 1.807) is 14.2 Å². The predicted octanol–water partition coefficient (Wildman–Crippen LogP) is 5.01. The third-order valence-corrected chi connectivity index (χ3v) is 8.47. The summed E-state index contributed by atoms with van der Waals surface area (Å²) in [6.45, 7) is 3.76. The van der Waals surface area contributed by atoms with E-state index >= 15 is 0 Å². The van der Waals surface area contributed by atoms with E-state index in [0.29, 0.717) is 52.4 Å². The summed E-state index contributed by atoms with van der Waals surface area (Å²) >= 11 is 0. The highest BCUT2D eigenvalue weighted by Crippen LogP contribution is 2.21. The monoisotopic (exact) mass is 680 g/mol. The fourth-order valence-electron chi connectivity index (χ4n) is 5.77. The first-order chi connectivity index (χ1) is 24.2. The van der Waals surface area contributed by atoms with Gasteiger partial charge in [-0.2, -0.15) is 0 Å². The lowest BCUT2D eigenvalue weighted by atomic mass is 9.91. The fourth-order valence-corrected chi connectivity index (χ4v) is 5.77. The molecule has 1 unspecified atom stereocenters. The Morgan fingerprint density at radius 1 is 0.694 bits per heavy atom. The smallest absolute Gasteiger partial charge is 0.158 e. The zero-order valence-electron chi connectivity index (χ0n) is 29.2. The van der Waals surface area contributed by atoms with Crippen LogP contribution in [0.5, 0.6) is 0 Å². The summed E-state index contributed by atoms with van der Waals surface area (Å²) in [5.41, 5.74) is 11.5. The van der Waals surface area contributed by atoms with Gasteiger partial charge in [-0.05, 0) is 54.4 Å². The van der Waals surface area contributed by atoms with Crippen LogP contribution in [0.4, 0.5) is 0 Å². The van der Waals surface area contributed by atoms with Crippen molar-refractivity contribution in [3.63, 3.8) is 0 Å². The molecule has 270 valence electrons. The largest absolute Gasteiger partial charge is 0.382 e. The molecule has 1 aliphatic rings. The maximum absolute atomic E-state index is 6.99. The zero-order valence-corrected chi connectivity index (χ0v) is 29.2. The van der Waals surface area contributed by atoms with E-state index in [9.17, 15) is 0 Å². The van der Waals surface area contributed by atoms with Crippen LogP contribution in [-0.4, -0.2) is 91.4 Å². The molecule has 1 saturated heterocycles. The quantitative estimate of drug-likeness (QED) is 0.0936. The van der Waals surface area contributed by atoms with Gasteiger partial charge in [-0.1, -0.05) is 84.9 Å². The van der Waals surface area contributed by atoms with Gasteiger partial charge in [0.15, 0.2) is 6.29 Å². The van der Waals surface area contributed by atoms with E-state index in [1.807, 2.05) is 36.4 Å². The van der Waals surface area contributed by atoms with Crippen molar-refractivity contribution in [1.29, 1.82) is 0 Å². The molecule has 0 aliphatic carbocycles. The minimum Gasteiger partial charge on any atom is -0.382 e. The van der Waals surface area contributed by atoms with Gasteiger partial charge >= 0.3 is 0 Å². The van der Waals surface area contributed by atoms with Crippen LogP contribution in [0.1, 0.15) is 41.5 Å². The first kappa shape index (κ1) is 39.1. The summed E-state index contributed by atoms with van der Waals surface area (Å²) < 4.78 is 46.7. The number of hydrogen-bond donors (Lipinski definition) is 2. The van der Waals surface area contributed by atoms with Crippen LogP contribution >= 0.6 is 0 Å². The third kappa shape index (κ3) is 15.0. The van der Waals surface area contributed by atoms with Crippen LogP contribution in [0, 0.1) is 0 Å². The van der Waals surface area contributed by atoms with Gasteiger partial charge in [0.25, 0.3) is 0 Å². The van der Waals surface area contributed by atoms with Gasteiger partial charge in [0.2, 0.25) is 0 Å². The average molecular weight is 681 g/mol. The highest BCUT2D eigenvalue weighted by Gasteiger charge is 2.36. The van der Waals surface area contributed by atoms with Crippen molar-refractivity contribution in [3.05, 3.63) is 107 Å². The summed E-state index contributed by atoms with van der Waals surface area (Å²) in [6.07, 6.45) is 3.34. The van der Waals surface area contributed by atoms with Gasteiger partial charge in [0.1, 0.15) is 25.8 Å². The van der Waals surface area contributed by atoms with Gasteiger partial charge < -0.3 is 48.9 Å². The predicted molar refractivity (Wildman–Crippen MR) is 189 cm³/mol. The SMILES string of the molecule is COCCOCO[C@H]([C@@H](OCOCCOC)[C@@H](Cc1ccccc1)NCc1ccc(COC2CCCCO2)cc1)[C@H](N)Cc1ccccc1. The molecule has 3 aromatic carbocycles. The number of ether oxygens (including phenoxy) is 8. The molecule has 0 bridgehead atoms. The molecule has 0 saturated carbocycles. The summed E-state index contributed by atoms with van der Waals surface area (Å²) in [5, 5.41) is 3.80. The van der Waals surface area contributed by atoms with E-state index in [0.717, 1.165) is 48.1 Å². The molecule has 1 aliphatic heterocycles. The second-order valence-corrected chi connectivity index (χ2v) is 12.3. The Bertz CT molecular complexity index is 1230. The summed E-state index contributed by atoms with van der Waals surface area (Å²) in [6, 6.07) is 28.5. The standard InChI is InChI=1S/C39H56N2O8/c1-42-21-23-44-29-48-38(35(40)25-31-11-5-3-6-12-31)39(49-30-45-24-22-43-2)36(26-32-13-7-4-8-14-32)41-27-33-16-18-34(19-17-33)28-47-37-15-9-10-20-46-37/h3-8,11-14,16-19,35-39,41H,9-10,15,20-30,40H2,1-2H3/t35-,36-,37?,38+,39+/m1/s1. The van der Waals surface area contributed by atoms with Crippen LogP contribution in [0.3, 0.4) is 0 Å². The molecule has 1 heterocycles. The minimum absolute atomic E-state index is 0.0500. The fraction of sp³-hybridized carbons (Fsp3) is 0.538. The summed E-state index contributed by atoms with van der Waals surface area (Å²) in [4.78, 5) is 0. The maximum atomic E-state index is 6.99. The van der Waals surface area contributed by atoms with Gasteiger partial charge in [-0.25, -0.2) is 0 Å². The highest BCUT2D eigenvalue weighted by atomic mass is 16.7. The molecule has 0 spiro atoms. The first-order valence-corrected chi connectivity index (χ1v) is 17.4. The van der Waals surface area contributed by atoms with E-state index in [4.69, 9.17) is 43.6 Å². The van der Waals surface area contributed by atoms with Crippen LogP contribution in [0.25, 0.3) is 0 Å². The molecule has 5 atom stereocenters. The number of hydrogen-bond acceptors (Lipinski definition) is 10. The van der Waals surface area contributed by atoms with Gasteiger partial charge in [-0.15, -0.1) is 0 Å². The molecular formula is C39H56N2O8. The van der Waals surface area contributed by atoms with Crippen molar-refractivity contribution in [3.8, 4) is 0 Å². The number of benzene rings is 3. The molecule has 0 aromatic heterocycles. The van der Waals surface area contributed by atoms with Crippen LogP contribution < -0.4 is 11.1 Å². The molecule has 10 heteroatoms. The van der Waals surface area contributed by atoms with Crippen LogP contribution in [0.15, 0.2) is 84.9 Å². The van der Waals surface area contributed by atoms with Crippen molar-refractivity contribution >= 4 is 0 Å². The number of rotatable bonds is 25. The third-order valence-electron chi connectivity index (χ3n) is 8.47. The number of nitrogens with two attached hydrogens (primary N) is 1. The molecule has 0 amide bonds. The van der Waals surface area contributed by atoms with Crippen molar-refractivity contribution < 1.29 is 37.9 Å². The van der Waals surface area contributed by atoms with Crippen molar-refractivity contribution in [1.82, 2.24) is 5.32 Å². The molecule has 3 N–H and O–H groups in total. The Labute approximate surface area is 292 Å². The molecule has 4 rings (SSSR count). The lowest BCUT2D eigenvalue weighted by molar-refractivity contribution is -0.184. The minimum atomic E-state index is -0.531. The Kier molecular flexibility index (Phi) is 18.8. The topological polar surface area (TPSA) is 112 Å². The lowest BCUT2D eigenvalue weighted by Crippen LogP contribution is -2.56. The maximum Gasteiger partial charge on any atom is 0.158 e. The van der Waals surface area contributed by atoms with E-state index < -0.39 is 18.2 Å². The first-order valence-electron chi connectivity index (χ1n) is 17.4. The second kappa shape index (κ2) is 23.6. The number of nitrogens with one attached hydrogen (secondary N) is 1. The van der Waals surface area contributed by atoms with Crippen molar-refractivity contribution in [2.75, 3.05) is 60.8 Å². The van der Waals surface area contributed by atoms with Gasteiger partial charge in [0.05, 0.1) is 33.0 Å². The molecule has 10 nitrogen and oxygen atoms in total. The van der Waals surface area contributed by atoms with Crippen molar-refractivity contribution in [2.45, 2.75) is 75.8 Å². The van der Waals surface area contributed by atoms with Crippen LogP contribution in [0.2, 0.25) is 0 Å². The Hall–Kier alpha value is -2.74. The Balaban J connectivity index is 1.53. The Morgan fingerprint density at radius 2 is 1.29 bits per heavy atom. The lowest BCUT2D eigenvalue weighted by Gasteiger charge is -2.37. The highest BCUT2D eigenvalue weighted by molar-refractivity contribution is 5.23. The molecule has 3 aromatic rings. The Morgan fingerprint density at radius 3 is 1.88 bits per heavy atom. The normalized spacial score (nSPS) is 17.4. The second-order valence-electron chi connectivity index (χ2n) is 12.3. The van der Waals surface area contributed by atoms with Gasteiger partial charge in [0, 0.05) is 39.5 Å². The zero-order chi connectivity index (χ0) is 34.4. The number of methoxy groups -OCH3 is 2. The average Bonchev–Trinajstić information content (AvgIpc) is 3.14. The van der Waals surface area contributed by atoms with Crippen LogP contribution in [-0.2, 0) is 63.9 Å². The molecule has 49 heavy (non-hydrogen) atoms. The molecule has 0 radical (unpaired) electrons. The van der Waals surface area contributed by atoms with E-state index in [2.05, 4.69) is 53.8 Å². The molecule has 1 fully saturated rings. The van der Waals surface area contributed by atoms with Crippen molar-refractivity contribution in [2.24, 2.45) is 5.73 Å². The van der Waals surface area contributed by atoms with E-state index in [1.165, 1.54) is 0 Å². The van der Waals surface area contributed by atoms with Gasteiger partial charge in [-0.3, -0.25) is 0 Å².